The maximum atomic E-state index is 12.9. The number of halogens is 3. The summed E-state index contributed by atoms with van der Waals surface area (Å²) in [6.45, 7) is 1.52. The van der Waals surface area contributed by atoms with E-state index in [1.54, 1.807) is 30.3 Å². The van der Waals surface area contributed by atoms with E-state index in [2.05, 4.69) is 5.32 Å². The molecule has 0 atom stereocenters. The lowest BCUT2D eigenvalue weighted by molar-refractivity contribution is -0.138. The molecule has 2 aromatic rings. The lowest BCUT2D eigenvalue weighted by atomic mass is 10.1. The minimum atomic E-state index is -4.36. The number of carbonyl (C=O) groups is 1. The number of ketones is 1. The maximum absolute atomic E-state index is 12.9. The number of anilines is 1. The van der Waals surface area contributed by atoms with E-state index in [1.165, 1.54) is 19.1 Å². The van der Waals surface area contributed by atoms with E-state index in [-0.39, 0.29) is 17.9 Å². The molecule has 0 heterocycles. The van der Waals surface area contributed by atoms with Crippen molar-refractivity contribution < 1.29 is 18.0 Å². The monoisotopic (exact) mass is 293 g/mol. The SMILES string of the molecule is CC(=O)c1ccc(NCc2ccccc2C(F)(F)F)cc1. The number of rotatable bonds is 4. The van der Waals surface area contributed by atoms with E-state index in [9.17, 15) is 18.0 Å². The Morgan fingerprint density at radius 2 is 1.67 bits per heavy atom. The van der Waals surface area contributed by atoms with Gasteiger partial charge in [-0.2, -0.15) is 13.2 Å². The molecule has 0 saturated heterocycles. The standard InChI is InChI=1S/C16H14F3NO/c1-11(21)12-6-8-14(9-7-12)20-10-13-4-2-3-5-15(13)16(17,18)19/h2-9,20H,10H2,1H3. The quantitative estimate of drug-likeness (QED) is 0.840. The van der Waals surface area contributed by atoms with Crippen molar-refractivity contribution in [1.82, 2.24) is 0 Å². The second-order valence-corrected chi connectivity index (χ2v) is 4.64. The van der Waals surface area contributed by atoms with Gasteiger partial charge in [0.25, 0.3) is 0 Å². The van der Waals surface area contributed by atoms with Gasteiger partial charge in [0, 0.05) is 17.8 Å². The van der Waals surface area contributed by atoms with Crippen molar-refractivity contribution >= 4 is 11.5 Å². The van der Waals surface area contributed by atoms with Crippen LogP contribution in [-0.4, -0.2) is 5.78 Å². The minimum Gasteiger partial charge on any atom is -0.381 e. The molecule has 1 N–H and O–H groups in total. The first kappa shape index (κ1) is 15.1. The second-order valence-electron chi connectivity index (χ2n) is 4.64. The third-order valence-electron chi connectivity index (χ3n) is 3.10. The van der Waals surface area contributed by atoms with Crippen molar-refractivity contribution in [3.63, 3.8) is 0 Å². The summed E-state index contributed by atoms with van der Waals surface area (Å²) in [6, 6.07) is 12.1. The van der Waals surface area contributed by atoms with Gasteiger partial charge in [-0.15, -0.1) is 0 Å². The summed E-state index contributed by atoms with van der Waals surface area (Å²) in [7, 11) is 0. The molecule has 2 nitrogen and oxygen atoms in total. The average molecular weight is 293 g/mol. The van der Waals surface area contributed by atoms with Crippen LogP contribution in [0.3, 0.4) is 0 Å². The Kier molecular flexibility index (Phi) is 4.31. The van der Waals surface area contributed by atoms with E-state index >= 15 is 0 Å². The number of benzene rings is 2. The molecule has 0 aliphatic carbocycles. The molecule has 0 unspecified atom stereocenters. The highest BCUT2D eigenvalue weighted by molar-refractivity contribution is 5.94. The minimum absolute atomic E-state index is 0.0519. The van der Waals surface area contributed by atoms with Crippen LogP contribution < -0.4 is 5.32 Å². The zero-order chi connectivity index (χ0) is 15.5. The lowest BCUT2D eigenvalue weighted by Crippen LogP contribution is -2.11. The molecule has 0 radical (unpaired) electrons. The van der Waals surface area contributed by atoms with Crippen molar-refractivity contribution in [1.29, 1.82) is 0 Å². The molecule has 21 heavy (non-hydrogen) atoms. The van der Waals surface area contributed by atoms with Gasteiger partial charge in [-0.05, 0) is 42.8 Å². The zero-order valence-corrected chi connectivity index (χ0v) is 11.4. The van der Waals surface area contributed by atoms with E-state index in [1.807, 2.05) is 0 Å². The summed E-state index contributed by atoms with van der Waals surface area (Å²) in [5.41, 5.74) is 0.770. The van der Waals surface area contributed by atoms with Crippen LogP contribution in [0.2, 0.25) is 0 Å². The molecule has 0 aliphatic rings. The number of nitrogens with one attached hydrogen (secondary N) is 1. The molecule has 110 valence electrons. The van der Waals surface area contributed by atoms with Gasteiger partial charge in [0.15, 0.2) is 5.78 Å². The molecule has 2 aromatic carbocycles. The van der Waals surface area contributed by atoms with Crippen molar-refractivity contribution in [2.24, 2.45) is 0 Å². The van der Waals surface area contributed by atoms with Gasteiger partial charge >= 0.3 is 6.18 Å². The van der Waals surface area contributed by atoms with Crippen LogP contribution in [0.15, 0.2) is 48.5 Å². The van der Waals surface area contributed by atoms with Gasteiger partial charge in [0.1, 0.15) is 0 Å². The summed E-state index contributed by atoms with van der Waals surface area (Å²) in [5, 5.41) is 2.93. The fraction of sp³-hybridized carbons (Fsp3) is 0.188. The molecule has 0 aromatic heterocycles. The molecule has 0 spiro atoms. The lowest BCUT2D eigenvalue weighted by Gasteiger charge is -2.14. The molecular formula is C16H14F3NO. The summed E-state index contributed by atoms with van der Waals surface area (Å²) in [4.78, 5) is 11.1. The molecule has 0 aliphatic heterocycles. The molecule has 2 rings (SSSR count). The first-order valence-electron chi connectivity index (χ1n) is 6.38. The van der Waals surface area contributed by atoms with E-state index in [4.69, 9.17) is 0 Å². The van der Waals surface area contributed by atoms with Crippen molar-refractivity contribution in [3.8, 4) is 0 Å². The van der Waals surface area contributed by atoms with Crippen molar-refractivity contribution in [3.05, 3.63) is 65.2 Å². The highest BCUT2D eigenvalue weighted by Crippen LogP contribution is 2.32. The third kappa shape index (κ3) is 3.84. The third-order valence-corrected chi connectivity index (χ3v) is 3.10. The Morgan fingerprint density at radius 1 is 1.05 bits per heavy atom. The largest absolute Gasteiger partial charge is 0.416 e. The van der Waals surface area contributed by atoms with Crippen LogP contribution in [0.5, 0.6) is 0 Å². The van der Waals surface area contributed by atoms with Gasteiger partial charge in [0.05, 0.1) is 5.56 Å². The summed E-state index contributed by atoms with van der Waals surface area (Å²) >= 11 is 0. The first-order valence-corrected chi connectivity index (χ1v) is 6.38. The Labute approximate surface area is 120 Å². The number of hydrogen-bond acceptors (Lipinski definition) is 2. The Hall–Kier alpha value is -2.30. The number of carbonyl (C=O) groups excluding carboxylic acids is 1. The smallest absolute Gasteiger partial charge is 0.381 e. The number of Topliss-reactive ketones (excluding diaryl/α,β-unsaturated/α-hetero) is 1. The Bertz CT molecular complexity index is 633. The molecule has 5 heteroatoms. The first-order chi connectivity index (χ1) is 9.88. The highest BCUT2D eigenvalue weighted by atomic mass is 19.4. The molecule has 0 bridgehead atoms. The number of hydrogen-bond donors (Lipinski definition) is 1. The molecular weight excluding hydrogens is 279 g/mol. The van der Waals surface area contributed by atoms with E-state index in [0.29, 0.717) is 11.3 Å². The maximum Gasteiger partial charge on any atom is 0.416 e. The van der Waals surface area contributed by atoms with Gasteiger partial charge < -0.3 is 5.32 Å². The van der Waals surface area contributed by atoms with Crippen LogP contribution in [0.4, 0.5) is 18.9 Å². The van der Waals surface area contributed by atoms with Crippen LogP contribution in [-0.2, 0) is 12.7 Å². The Balaban J connectivity index is 2.12. The molecule has 0 fully saturated rings. The normalized spacial score (nSPS) is 11.2. The van der Waals surface area contributed by atoms with Crippen LogP contribution in [0.25, 0.3) is 0 Å². The number of alkyl halides is 3. The predicted molar refractivity (Wildman–Crippen MR) is 75.2 cm³/mol. The summed E-state index contributed by atoms with van der Waals surface area (Å²) in [6.07, 6.45) is -4.36. The molecule has 0 amide bonds. The topological polar surface area (TPSA) is 29.1 Å². The van der Waals surface area contributed by atoms with Crippen LogP contribution in [0.1, 0.15) is 28.4 Å². The van der Waals surface area contributed by atoms with Crippen molar-refractivity contribution in [2.45, 2.75) is 19.6 Å². The average Bonchev–Trinajstić information content (AvgIpc) is 2.45. The van der Waals surface area contributed by atoms with E-state index in [0.717, 1.165) is 6.07 Å². The van der Waals surface area contributed by atoms with E-state index < -0.39 is 11.7 Å². The fourth-order valence-corrected chi connectivity index (χ4v) is 1.97. The van der Waals surface area contributed by atoms with Crippen LogP contribution >= 0.6 is 0 Å². The van der Waals surface area contributed by atoms with Gasteiger partial charge in [-0.25, -0.2) is 0 Å². The Morgan fingerprint density at radius 3 is 2.24 bits per heavy atom. The highest BCUT2D eigenvalue weighted by Gasteiger charge is 2.32. The van der Waals surface area contributed by atoms with Gasteiger partial charge in [-0.3, -0.25) is 4.79 Å². The fourth-order valence-electron chi connectivity index (χ4n) is 1.97. The predicted octanol–water partition coefficient (Wildman–Crippen LogP) is 4.52. The van der Waals surface area contributed by atoms with Gasteiger partial charge in [-0.1, -0.05) is 18.2 Å². The van der Waals surface area contributed by atoms with Gasteiger partial charge in [0.2, 0.25) is 0 Å². The zero-order valence-electron chi connectivity index (χ0n) is 11.4. The van der Waals surface area contributed by atoms with Crippen LogP contribution in [0, 0.1) is 0 Å². The second kappa shape index (κ2) is 5.99. The summed E-state index contributed by atoms with van der Waals surface area (Å²) < 4.78 is 38.6. The van der Waals surface area contributed by atoms with Crippen molar-refractivity contribution in [2.75, 3.05) is 5.32 Å². The molecule has 0 saturated carbocycles. The summed E-state index contributed by atoms with van der Waals surface area (Å²) in [5.74, 6) is -0.0519.